The molecule has 0 spiro atoms. The van der Waals surface area contributed by atoms with Crippen LogP contribution in [0, 0.1) is 0 Å². The zero-order chi connectivity index (χ0) is 20.7. The molecule has 0 aliphatic carbocycles. The second kappa shape index (κ2) is 9.43. The lowest BCUT2D eigenvalue weighted by Gasteiger charge is -2.10. The number of benzene rings is 2. The first-order chi connectivity index (χ1) is 13.2. The van der Waals surface area contributed by atoms with Crippen molar-refractivity contribution in [2.45, 2.75) is 31.4 Å². The van der Waals surface area contributed by atoms with Gasteiger partial charge in [0.1, 0.15) is 5.75 Å². The molecule has 9 heteroatoms. The van der Waals surface area contributed by atoms with Crippen molar-refractivity contribution in [1.29, 1.82) is 0 Å². The van der Waals surface area contributed by atoms with Crippen LogP contribution in [0.4, 0.5) is 14.5 Å². The maximum atomic E-state index is 12.1. The molecule has 28 heavy (non-hydrogen) atoms. The minimum Gasteiger partial charge on any atom is -0.435 e. The van der Waals surface area contributed by atoms with Gasteiger partial charge < -0.3 is 10.1 Å². The quantitative estimate of drug-likeness (QED) is 0.651. The van der Waals surface area contributed by atoms with E-state index < -0.39 is 22.5 Å². The van der Waals surface area contributed by atoms with Crippen LogP contribution in [0.15, 0.2) is 59.5 Å². The number of carbonyl (C=O) groups is 1. The van der Waals surface area contributed by atoms with Gasteiger partial charge in [0.25, 0.3) is 0 Å². The highest BCUT2D eigenvalue weighted by Crippen LogP contribution is 2.16. The van der Waals surface area contributed by atoms with E-state index in [1.807, 2.05) is 0 Å². The lowest BCUT2D eigenvalue weighted by atomic mass is 10.2. The zero-order valence-electron chi connectivity index (χ0n) is 15.2. The molecule has 0 fully saturated rings. The third kappa shape index (κ3) is 6.75. The highest BCUT2D eigenvalue weighted by atomic mass is 32.2. The fourth-order valence-electron chi connectivity index (χ4n) is 2.21. The van der Waals surface area contributed by atoms with Crippen molar-refractivity contribution in [3.63, 3.8) is 0 Å². The van der Waals surface area contributed by atoms with Crippen LogP contribution < -0.4 is 14.8 Å². The summed E-state index contributed by atoms with van der Waals surface area (Å²) in [6.07, 6.45) is 2.78. The van der Waals surface area contributed by atoms with E-state index in [2.05, 4.69) is 14.8 Å². The Hall–Kier alpha value is -2.78. The summed E-state index contributed by atoms with van der Waals surface area (Å²) in [6, 6.07) is 11.3. The van der Waals surface area contributed by atoms with Crippen molar-refractivity contribution in [2.24, 2.45) is 0 Å². The first-order valence-electron chi connectivity index (χ1n) is 8.32. The summed E-state index contributed by atoms with van der Waals surface area (Å²) >= 11 is 0. The summed E-state index contributed by atoms with van der Waals surface area (Å²) in [6.45, 7) is 0.546. The summed E-state index contributed by atoms with van der Waals surface area (Å²) in [7, 11) is -3.60. The van der Waals surface area contributed by atoms with Gasteiger partial charge in [0.15, 0.2) is 0 Å². The molecule has 6 nitrogen and oxygen atoms in total. The van der Waals surface area contributed by atoms with E-state index in [1.54, 1.807) is 13.8 Å². The van der Waals surface area contributed by atoms with Crippen LogP contribution >= 0.6 is 0 Å². The Labute approximate surface area is 162 Å². The van der Waals surface area contributed by atoms with Gasteiger partial charge >= 0.3 is 6.61 Å². The number of amides is 1. The van der Waals surface area contributed by atoms with Crippen LogP contribution in [0.5, 0.6) is 5.75 Å². The third-order valence-corrected chi connectivity index (χ3v) is 5.03. The lowest BCUT2D eigenvalue weighted by Crippen LogP contribution is -2.30. The number of alkyl halides is 2. The molecule has 0 aliphatic heterocycles. The molecule has 0 radical (unpaired) electrons. The normalized spacial score (nSPS) is 11.9. The number of rotatable bonds is 8. The molecule has 150 valence electrons. The highest BCUT2D eigenvalue weighted by Gasteiger charge is 2.14. The standard InChI is InChI=1S/C19H20F2N2O4S/c1-13(2)23-28(25,26)17-10-6-15(7-11-17)22-18(24)12-5-14-3-8-16(9-4-14)27-19(20)21/h3-13,19,23H,1-2H3,(H,22,24)/b12-5+. The Bertz CT molecular complexity index is 925. The summed E-state index contributed by atoms with van der Waals surface area (Å²) in [5.74, 6) is -0.401. The van der Waals surface area contributed by atoms with Gasteiger partial charge in [-0.05, 0) is 61.9 Å². The van der Waals surface area contributed by atoms with Gasteiger partial charge in [-0.2, -0.15) is 8.78 Å². The van der Waals surface area contributed by atoms with Crippen molar-refractivity contribution in [3.8, 4) is 5.75 Å². The molecule has 0 saturated carbocycles. The zero-order valence-corrected chi connectivity index (χ0v) is 16.0. The van der Waals surface area contributed by atoms with E-state index in [-0.39, 0.29) is 16.7 Å². The molecular formula is C19H20F2N2O4S. The number of sulfonamides is 1. The van der Waals surface area contributed by atoms with Gasteiger partial charge in [-0.25, -0.2) is 13.1 Å². The maximum absolute atomic E-state index is 12.1. The van der Waals surface area contributed by atoms with Gasteiger partial charge in [0.2, 0.25) is 15.9 Å². The number of hydrogen-bond acceptors (Lipinski definition) is 4. The SMILES string of the molecule is CC(C)NS(=O)(=O)c1ccc(NC(=O)/C=C/c2ccc(OC(F)F)cc2)cc1. The van der Waals surface area contributed by atoms with Gasteiger partial charge in [-0.15, -0.1) is 0 Å². The first-order valence-corrected chi connectivity index (χ1v) is 9.80. The molecule has 0 saturated heterocycles. The van der Waals surface area contributed by atoms with Gasteiger partial charge in [0.05, 0.1) is 4.90 Å². The Morgan fingerprint density at radius 2 is 1.64 bits per heavy atom. The Kier molecular flexibility index (Phi) is 7.24. The third-order valence-electron chi connectivity index (χ3n) is 3.36. The minimum absolute atomic E-state index is 0.0265. The van der Waals surface area contributed by atoms with Crippen LogP contribution in [0.1, 0.15) is 19.4 Å². The van der Waals surface area contributed by atoms with Gasteiger partial charge in [-0.1, -0.05) is 12.1 Å². The van der Waals surface area contributed by atoms with Gasteiger partial charge in [0, 0.05) is 17.8 Å². The molecule has 0 atom stereocenters. The van der Waals surface area contributed by atoms with Crippen LogP contribution in [0.2, 0.25) is 0 Å². The van der Waals surface area contributed by atoms with E-state index >= 15 is 0 Å². The largest absolute Gasteiger partial charge is 0.435 e. The number of carbonyl (C=O) groups excluding carboxylic acids is 1. The summed E-state index contributed by atoms with van der Waals surface area (Å²) in [4.78, 5) is 12.1. The smallest absolute Gasteiger partial charge is 0.387 e. The predicted molar refractivity (Wildman–Crippen MR) is 103 cm³/mol. The second-order valence-corrected chi connectivity index (χ2v) is 7.78. The number of nitrogens with one attached hydrogen (secondary N) is 2. The molecule has 1 amide bonds. The molecule has 2 aromatic carbocycles. The van der Waals surface area contributed by atoms with E-state index in [4.69, 9.17) is 0 Å². The van der Waals surface area contributed by atoms with E-state index in [1.165, 1.54) is 60.7 Å². The first kappa shape index (κ1) is 21.5. The fraction of sp³-hybridized carbons (Fsp3) is 0.211. The Morgan fingerprint density at radius 3 is 2.18 bits per heavy atom. The van der Waals surface area contributed by atoms with Crippen LogP contribution in [-0.4, -0.2) is 27.0 Å². The highest BCUT2D eigenvalue weighted by molar-refractivity contribution is 7.89. The number of anilines is 1. The molecule has 0 unspecified atom stereocenters. The summed E-state index contributed by atoms with van der Waals surface area (Å²) < 4.78 is 55.0. The van der Waals surface area contributed by atoms with Crippen LogP contribution in [-0.2, 0) is 14.8 Å². The van der Waals surface area contributed by atoms with Crippen molar-refractivity contribution < 1.29 is 26.7 Å². The second-order valence-electron chi connectivity index (χ2n) is 6.07. The van der Waals surface area contributed by atoms with Gasteiger partial charge in [-0.3, -0.25) is 4.79 Å². The Morgan fingerprint density at radius 1 is 1.04 bits per heavy atom. The molecule has 2 aromatic rings. The molecular weight excluding hydrogens is 390 g/mol. The van der Waals surface area contributed by atoms with Crippen molar-refractivity contribution in [1.82, 2.24) is 4.72 Å². The van der Waals surface area contributed by atoms with Crippen molar-refractivity contribution in [3.05, 3.63) is 60.2 Å². The molecule has 2 rings (SSSR count). The lowest BCUT2D eigenvalue weighted by molar-refractivity contribution is -0.111. The molecule has 0 heterocycles. The van der Waals surface area contributed by atoms with Crippen LogP contribution in [0.25, 0.3) is 6.08 Å². The predicted octanol–water partition coefficient (Wildman–Crippen LogP) is 3.63. The number of hydrogen-bond donors (Lipinski definition) is 2. The molecule has 0 aromatic heterocycles. The van der Waals surface area contributed by atoms with Crippen molar-refractivity contribution >= 4 is 27.7 Å². The average Bonchev–Trinajstić information content (AvgIpc) is 2.60. The molecule has 0 aliphatic rings. The monoisotopic (exact) mass is 410 g/mol. The average molecular weight is 410 g/mol. The summed E-state index contributed by atoms with van der Waals surface area (Å²) in [5, 5.41) is 2.60. The fourth-order valence-corrected chi connectivity index (χ4v) is 3.46. The van der Waals surface area contributed by atoms with Crippen LogP contribution in [0.3, 0.4) is 0 Å². The topological polar surface area (TPSA) is 84.5 Å². The number of ether oxygens (including phenoxy) is 1. The van der Waals surface area contributed by atoms with E-state index in [0.29, 0.717) is 11.3 Å². The minimum atomic E-state index is -3.60. The maximum Gasteiger partial charge on any atom is 0.387 e. The molecule has 2 N–H and O–H groups in total. The van der Waals surface area contributed by atoms with E-state index in [0.717, 1.165) is 0 Å². The van der Waals surface area contributed by atoms with Crippen molar-refractivity contribution in [2.75, 3.05) is 5.32 Å². The summed E-state index contributed by atoms with van der Waals surface area (Å²) in [5.41, 5.74) is 1.05. The van der Waals surface area contributed by atoms with E-state index in [9.17, 15) is 22.0 Å². The molecule has 0 bridgehead atoms. The number of halogens is 2. The Balaban J connectivity index is 1.96.